The van der Waals surface area contributed by atoms with Gasteiger partial charge in [-0.2, -0.15) is 17.0 Å². The average molecular weight is 385 g/mol. The molecule has 2 fully saturated rings. The molecule has 2 saturated heterocycles. The van der Waals surface area contributed by atoms with Crippen LogP contribution in [-0.2, 0) is 19.7 Å². The highest BCUT2D eigenvalue weighted by molar-refractivity contribution is 7.86. The molecule has 8 nitrogen and oxygen atoms in total. The van der Waals surface area contributed by atoms with Crippen molar-refractivity contribution >= 4 is 28.5 Å². The minimum Gasteiger partial charge on any atom is -0.373 e. The Morgan fingerprint density at radius 1 is 1.08 bits per heavy atom. The number of nitrogens with zero attached hydrogens (tertiary/aromatic N) is 3. The number of nitrogens with one attached hydrogen (secondary N) is 1. The first-order valence-electron chi connectivity index (χ1n) is 8.17. The van der Waals surface area contributed by atoms with Gasteiger partial charge in [0.15, 0.2) is 0 Å². The van der Waals surface area contributed by atoms with Gasteiger partial charge in [0.1, 0.15) is 0 Å². The predicted molar refractivity (Wildman–Crippen MR) is 94.4 cm³/mol. The highest BCUT2D eigenvalue weighted by Crippen LogP contribution is 2.19. The Bertz CT molecular complexity index is 501. The van der Waals surface area contributed by atoms with Gasteiger partial charge in [-0.05, 0) is 20.9 Å². The minimum atomic E-state index is -3.48. The highest BCUT2D eigenvalue weighted by atomic mass is 35.5. The quantitative estimate of drug-likeness (QED) is 0.692. The number of carbonyl (C=O) groups is 1. The van der Waals surface area contributed by atoms with Crippen LogP contribution in [0.25, 0.3) is 0 Å². The van der Waals surface area contributed by atoms with Gasteiger partial charge >= 0.3 is 0 Å². The summed E-state index contributed by atoms with van der Waals surface area (Å²) in [6, 6.07) is 0. The van der Waals surface area contributed by atoms with E-state index in [4.69, 9.17) is 4.74 Å². The van der Waals surface area contributed by atoms with Crippen LogP contribution in [0.2, 0.25) is 0 Å². The molecule has 1 N–H and O–H groups in total. The van der Waals surface area contributed by atoms with Gasteiger partial charge in [0.2, 0.25) is 5.91 Å². The van der Waals surface area contributed by atoms with Gasteiger partial charge < -0.3 is 15.0 Å². The molecule has 0 aromatic heterocycles. The Labute approximate surface area is 151 Å². The van der Waals surface area contributed by atoms with Crippen LogP contribution in [-0.4, -0.2) is 92.9 Å². The van der Waals surface area contributed by atoms with Crippen LogP contribution in [0.4, 0.5) is 0 Å². The summed E-state index contributed by atoms with van der Waals surface area (Å²) in [5.74, 6) is 0.0741. The molecule has 0 aromatic rings. The fourth-order valence-electron chi connectivity index (χ4n) is 3.04. The second kappa shape index (κ2) is 9.30. The third-order valence-corrected chi connectivity index (χ3v) is 6.19. The van der Waals surface area contributed by atoms with E-state index in [0.29, 0.717) is 52.2 Å². The van der Waals surface area contributed by atoms with Crippen LogP contribution in [0.3, 0.4) is 0 Å². The predicted octanol–water partition coefficient (Wildman–Crippen LogP) is -0.484. The standard InChI is InChI=1S/C14H28N4O4S.ClH/c1-12-10-18(11-13(2)22-12)23(20,21)17-8-6-16(7-9-17)14(19)4-5-15-3;/h12-13,15H,4-11H2,1-3H3;1H. The Morgan fingerprint density at radius 2 is 1.62 bits per heavy atom. The number of halogens is 1. The molecular weight excluding hydrogens is 356 g/mol. The molecule has 24 heavy (non-hydrogen) atoms. The molecule has 0 spiro atoms. The maximum atomic E-state index is 12.8. The summed E-state index contributed by atoms with van der Waals surface area (Å²) in [6.45, 7) is 6.80. The summed E-state index contributed by atoms with van der Waals surface area (Å²) in [6.07, 6.45) is 0.248. The fraction of sp³-hybridized carbons (Fsp3) is 0.929. The molecule has 2 aliphatic heterocycles. The SMILES string of the molecule is CNCCC(=O)N1CCN(S(=O)(=O)N2CC(C)OC(C)C2)CC1.Cl. The fourth-order valence-corrected chi connectivity index (χ4v) is 4.79. The van der Waals surface area contributed by atoms with Gasteiger partial charge in [-0.25, -0.2) is 0 Å². The number of rotatable bonds is 5. The first-order chi connectivity index (χ1) is 10.8. The van der Waals surface area contributed by atoms with E-state index in [1.54, 1.807) is 4.90 Å². The van der Waals surface area contributed by atoms with E-state index in [0.717, 1.165) is 0 Å². The van der Waals surface area contributed by atoms with E-state index < -0.39 is 10.2 Å². The Kier molecular flexibility index (Phi) is 8.37. The van der Waals surface area contributed by atoms with Gasteiger partial charge in [0.25, 0.3) is 10.2 Å². The molecule has 10 heteroatoms. The van der Waals surface area contributed by atoms with Gasteiger partial charge in [0.05, 0.1) is 12.2 Å². The maximum Gasteiger partial charge on any atom is 0.282 e. The number of hydrogen-bond donors (Lipinski definition) is 1. The average Bonchev–Trinajstić information content (AvgIpc) is 2.51. The van der Waals surface area contributed by atoms with Crippen LogP contribution in [0.5, 0.6) is 0 Å². The first kappa shape index (κ1) is 21.6. The van der Waals surface area contributed by atoms with E-state index in [-0.39, 0.29) is 30.5 Å². The molecule has 142 valence electrons. The van der Waals surface area contributed by atoms with Crippen molar-refractivity contribution < 1.29 is 17.9 Å². The third-order valence-electron chi connectivity index (χ3n) is 4.22. The zero-order valence-electron chi connectivity index (χ0n) is 14.6. The van der Waals surface area contributed by atoms with Crippen molar-refractivity contribution in [2.45, 2.75) is 32.5 Å². The summed E-state index contributed by atoms with van der Waals surface area (Å²) in [5, 5.41) is 2.95. The van der Waals surface area contributed by atoms with E-state index >= 15 is 0 Å². The summed E-state index contributed by atoms with van der Waals surface area (Å²) < 4.78 is 34.1. The normalized spacial score (nSPS) is 26.9. The van der Waals surface area contributed by atoms with E-state index in [1.165, 1.54) is 8.61 Å². The Morgan fingerprint density at radius 3 is 2.12 bits per heavy atom. The van der Waals surface area contributed by atoms with Gasteiger partial charge in [-0.3, -0.25) is 4.79 Å². The zero-order chi connectivity index (χ0) is 17.0. The molecule has 2 rings (SSSR count). The van der Waals surface area contributed by atoms with Gasteiger partial charge in [-0.1, -0.05) is 0 Å². The van der Waals surface area contributed by atoms with Crippen molar-refractivity contribution in [2.24, 2.45) is 0 Å². The highest BCUT2D eigenvalue weighted by Gasteiger charge is 2.37. The largest absolute Gasteiger partial charge is 0.373 e. The van der Waals surface area contributed by atoms with Crippen LogP contribution in [0.1, 0.15) is 20.3 Å². The van der Waals surface area contributed by atoms with Crippen molar-refractivity contribution in [1.82, 2.24) is 18.8 Å². The Balaban J connectivity index is 0.00000288. The summed E-state index contributed by atoms with van der Waals surface area (Å²) >= 11 is 0. The van der Waals surface area contributed by atoms with Crippen LogP contribution in [0.15, 0.2) is 0 Å². The Hall–Kier alpha value is -0.450. The summed E-state index contributed by atoms with van der Waals surface area (Å²) in [4.78, 5) is 13.7. The van der Waals surface area contributed by atoms with Crippen molar-refractivity contribution in [2.75, 3.05) is 52.9 Å². The number of hydrogen-bond acceptors (Lipinski definition) is 5. The number of morpholine rings is 1. The lowest BCUT2D eigenvalue weighted by molar-refractivity contribution is -0.132. The smallest absolute Gasteiger partial charge is 0.282 e. The van der Waals surface area contributed by atoms with Crippen LogP contribution < -0.4 is 5.32 Å². The number of carbonyl (C=O) groups excluding carboxylic acids is 1. The van der Waals surface area contributed by atoms with Crippen molar-refractivity contribution in [3.8, 4) is 0 Å². The lowest BCUT2D eigenvalue weighted by atomic mass is 10.3. The van der Waals surface area contributed by atoms with Crippen LogP contribution >= 0.6 is 12.4 Å². The molecule has 0 aromatic carbocycles. The molecule has 0 aliphatic carbocycles. The van der Waals surface area contributed by atoms with Gasteiger partial charge in [-0.15, -0.1) is 12.4 Å². The lowest BCUT2D eigenvalue weighted by Gasteiger charge is -2.40. The van der Waals surface area contributed by atoms with Crippen LogP contribution in [0, 0.1) is 0 Å². The molecule has 0 saturated carbocycles. The molecule has 2 heterocycles. The molecule has 2 atom stereocenters. The monoisotopic (exact) mass is 384 g/mol. The number of ether oxygens (including phenoxy) is 1. The third kappa shape index (κ3) is 5.27. The van der Waals surface area contributed by atoms with Crippen molar-refractivity contribution in [1.29, 1.82) is 0 Å². The lowest BCUT2D eigenvalue weighted by Crippen LogP contribution is -2.57. The minimum absolute atomic E-state index is 0. The molecule has 2 aliphatic rings. The van der Waals surface area contributed by atoms with Crippen molar-refractivity contribution in [3.63, 3.8) is 0 Å². The van der Waals surface area contributed by atoms with E-state index in [2.05, 4.69) is 5.32 Å². The number of amides is 1. The summed E-state index contributed by atoms with van der Waals surface area (Å²) in [5.41, 5.74) is 0. The van der Waals surface area contributed by atoms with E-state index in [9.17, 15) is 13.2 Å². The van der Waals surface area contributed by atoms with E-state index in [1.807, 2.05) is 20.9 Å². The van der Waals surface area contributed by atoms with Crippen molar-refractivity contribution in [3.05, 3.63) is 0 Å². The second-order valence-corrected chi connectivity index (χ2v) is 8.14. The number of piperazine rings is 1. The zero-order valence-corrected chi connectivity index (χ0v) is 16.2. The molecular formula is C14H29ClN4O4S. The summed E-state index contributed by atoms with van der Waals surface area (Å²) in [7, 11) is -1.67. The molecule has 2 unspecified atom stereocenters. The van der Waals surface area contributed by atoms with Gasteiger partial charge in [0, 0.05) is 52.2 Å². The first-order valence-corrected chi connectivity index (χ1v) is 9.57. The molecule has 1 amide bonds. The maximum absolute atomic E-state index is 12.8. The molecule has 0 radical (unpaired) electrons. The molecule has 0 bridgehead atoms. The second-order valence-electron chi connectivity index (χ2n) is 6.22. The topological polar surface area (TPSA) is 82.2 Å².